The number of alkyl halides is 2. The lowest BCUT2D eigenvalue weighted by Crippen LogP contribution is -2.07. The highest BCUT2D eigenvalue weighted by atomic mass is 32.3. The van der Waals surface area contributed by atoms with Gasteiger partial charge in [0.25, 0.3) is 6.43 Å². The summed E-state index contributed by atoms with van der Waals surface area (Å²) in [5, 5.41) is 0. The Kier molecular flexibility index (Phi) is 2.26. The monoisotopic (exact) mass is 148 g/mol. The first-order valence-corrected chi connectivity index (χ1v) is 3.17. The van der Waals surface area contributed by atoms with Crippen LogP contribution in [0.15, 0.2) is 0 Å². The molecule has 8 heavy (non-hydrogen) atoms. The maximum atomic E-state index is 11.1. The van der Waals surface area contributed by atoms with Crippen LogP contribution >= 0.6 is 0 Å². The largest absolute Gasteiger partial charge is 0.308 e. The second-order valence-electron chi connectivity index (χ2n) is 1.10. The lowest BCUT2D eigenvalue weighted by molar-refractivity contribution is 0.173. The molecule has 50 valence electrons. The predicted octanol–water partition coefficient (Wildman–Crippen LogP) is 0.551. The van der Waals surface area contributed by atoms with E-state index in [2.05, 4.69) is 0 Å². The van der Waals surface area contributed by atoms with Crippen LogP contribution in [0.4, 0.5) is 12.7 Å². The molecule has 0 aromatic carbocycles. The minimum Gasteiger partial charge on any atom is -0.209 e. The molecule has 0 saturated carbocycles. The highest BCUT2D eigenvalue weighted by Gasteiger charge is 2.15. The van der Waals surface area contributed by atoms with Gasteiger partial charge in [0.15, 0.2) is 0 Å². The standard InChI is InChI=1S/C2H3F3O2S/c3-2(4)1-8(5,6)7/h2H,1H2. The molecule has 0 saturated heterocycles. The van der Waals surface area contributed by atoms with Gasteiger partial charge in [0.2, 0.25) is 0 Å². The first kappa shape index (κ1) is 7.74. The van der Waals surface area contributed by atoms with E-state index in [4.69, 9.17) is 0 Å². The van der Waals surface area contributed by atoms with Crippen molar-refractivity contribution >= 4 is 10.2 Å². The minimum absolute atomic E-state index is 1.70. The third-order valence-corrected chi connectivity index (χ3v) is 0.975. The summed E-state index contributed by atoms with van der Waals surface area (Å²) < 4.78 is 51.5. The molecule has 6 heteroatoms. The van der Waals surface area contributed by atoms with Gasteiger partial charge in [-0.2, -0.15) is 8.42 Å². The van der Waals surface area contributed by atoms with E-state index < -0.39 is 22.4 Å². The van der Waals surface area contributed by atoms with Gasteiger partial charge in [0.1, 0.15) is 5.75 Å². The molecule has 0 spiro atoms. The molecule has 0 aliphatic heterocycles. The molecule has 0 bridgehead atoms. The van der Waals surface area contributed by atoms with Crippen molar-refractivity contribution in [1.29, 1.82) is 0 Å². The van der Waals surface area contributed by atoms with E-state index in [1.54, 1.807) is 0 Å². The molecular formula is C2H3F3O2S. The molecule has 0 N–H and O–H groups in total. The summed E-state index contributed by atoms with van der Waals surface area (Å²) in [6.45, 7) is 0. The van der Waals surface area contributed by atoms with Crippen molar-refractivity contribution in [1.82, 2.24) is 0 Å². The van der Waals surface area contributed by atoms with Crippen LogP contribution in [0, 0.1) is 0 Å². The van der Waals surface area contributed by atoms with Gasteiger partial charge in [-0.3, -0.25) is 0 Å². The fraction of sp³-hybridized carbons (Fsp3) is 1.00. The molecule has 0 aliphatic rings. The van der Waals surface area contributed by atoms with E-state index in [1.807, 2.05) is 0 Å². The van der Waals surface area contributed by atoms with Gasteiger partial charge in [0.05, 0.1) is 0 Å². The average molecular weight is 148 g/mol. The topological polar surface area (TPSA) is 34.1 Å². The van der Waals surface area contributed by atoms with E-state index in [-0.39, 0.29) is 0 Å². The number of rotatable bonds is 2. The van der Waals surface area contributed by atoms with Crippen molar-refractivity contribution in [3.05, 3.63) is 0 Å². The zero-order valence-corrected chi connectivity index (χ0v) is 4.46. The summed E-state index contributed by atoms with van der Waals surface area (Å²) >= 11 is 0. The Hall–Kier alpha value is -0.260. The zero-order valence-electron chi connectivity index (χ0n) is 3.64. The molecule has 0 aliphatic carbocycles. The molecule has 0 fully saturated rings. The molecule has 0 radical (unpaired) electrons. The maximum Gasteiger partial charge on any atom is 0.308 e. The average Bonchev–Trinajstić information content (AvgIpc) is 1.21. The molecule has 0 amide bonds. The zero-order chi connectivity index (χ0) is 6.78. The first-order valence-electron chi connectivity index (χ1n) is 1.62. The summed E-state index contributed by atoms with van der Waals surface area (Å²) in [6, 6.07) is 0. The highest BCUT2D eigenvalue weighted by Crippen LogP contribution is 1.99. The van der Waals surface area contributed by atoms with Crippen LogP contribution in [-0.4, -0.2) is 20.6 Å². The maximum absolute atomic E-state index is 11.1. The van der Waals surface area contributed by atoms with Gasteiger partial charge in [-0.15, -0.1) is 3.89 Å². The van der Waals surface area contributed by atoms with Gasteiger partial charge in [-0.25, -0.2) is 8.78 Å². The van der Waals surface area contributed by atoms with E-state index in [0.717, 1.165) is 0 Å². The fourth-order valence-corrected chi connectivity index (χ4v) is 0.451. The Morgan fingerprint density at radius 1 is 1.38 bits per heavy atom. The van der Waals surface area contributed by atoms with Crippen molar-refractivity contribution < 1.29 is 21.1 Å². The molecular weight excluding hydrogens is 145 g/mol. The molecule has 0 heterocycles. The normalized spacial score (nSPS) is 12.5. The third-order valence-electron chi connectivity index (χ3n) is 0.325. The lowest BCUT2D eigenvalue weighted by Gasteiger charge is -1.88. The highest BCUT2D eigenvalue weighted by molar-refractivity contribution is 7.86. The molecule has 0 rings (SSSR count). The van der Waals surface area contributed by atoms with E-state index in [1.165, 1.54) is 0 Å². The SMILES string of the molecule is O=S(=O)(F)CC(F)F. The number of halogens is 3. The van der Waals surface area contributed by atoms with Crippen LogP contribution < -0.4 is 0 Å². The summed E-state index contributed by atoms with van der Waals surface area (Å²) in [7, 11) is -4.97. The van der Waals surface area contributed by atoms with Crippen molar-refractivity contribution in [3.63, 3.8) is 0 Å². The van der Waals surface area contributed by atoms with Crippen molar-refractivity contribution in [2.45, 2.75) is 6.43 Å². The van der Waals surface area contributed by atoms with E-state index >= 15 is 0 Å². The van der Waals surface area contributed by atoms with E-state index in [0.29, 0.717) is 0 Å². The molecule has 0 unspecified atom stereocenters. The van der Waals surface area contributed by atoms with Crippen LogP contribution in [0.2, 0.25) is 0 Å². The van der Waals surface area contributed by atoms with E-state index in [9.17, 15) is 21.1 Å². The van der Waals surface area contributed by atoms with Crippen LogP contribution in [0.25, 0.3) is 0 Å². The molecule has 2 nitrogen and oxygen atoms in total. The Labute approximate surface area is 44.5 Å². The molecule has 0 aromatic heterocycles. The summed E-state index contributed by atoms with van der Waals surface area (Å²) in [5.41, 5.74) is 0. The second-order valence-corrected chi connectivity index (χ2v) is 2.51. The van der Waals surface area contributed by atoms with Gasteiger partial charge in [-0.1, -0.05) is 0 Å². The first-order chi connectivity index (χ1) is 3.42. The summed E-state index contributed by atoms with van der Waals surface area (Å²) in [4.78, 5) is 0. The predicted molar refractivity (Wildman–Crippen MR) is 20.9 cm³/mol. The fourth-order valence-electron chi connectivity index (χ4n) is 0.150. The number of hydrogen-bond acceptors (Lipinski definition) is 2. The quantitative estimate of drug-likeness (QED) is 0.536. The summed E-state index contributed by atoms with van der Waals surface area (Å²) in [5.74, 6) is -1.70. The van der Waals surface area contributed by atoms with Crippen LogP contribution in [-0.2, 0) is 10.2 Å². The Morgan fingerprint density at radius 3 is 1.75 bits per heavy atom. The van der Waals surface area contributed by atoms with Gasteiger partial charge >= 0.3 is 10.2 Å². The van der Waals surface area contributed by atoms with Gasteiger partial charge in [0, 0.05) is 0 Å². The Bertz CT molecular complexity index is 149. The smallest absolute Gasteiger partial charge is 0.209 e. The van der Waals surface area contributed by atoms with Crippen molar-refractivity contribution in [2.24, 2.45) is 0 Å². The van der Waals surface area contributed by atoms with Crippen LogP contribution in [0.1, 0.15) is 0 Å². The molecule has 0 atom stereocenters. The second kappa shape index (κ2) is 2.34. The number of hydrogen-bond donors (Lipinski definition) is 0. The Morgan fingerprint density at radius 2 is 1.75 bits per heavy atom. The molecule has 0 aromatic rings. The van der Waals surface area contributed by atoms with Crippen LogP contribution in [0.5, 0.6) is 0 Å². The third kappa shape index (κ3) is 5.74. The van der Waals surface area contributed by atoms with Gasteiger partial charge < -0.3 is 0 Å². The lowest BCUT2D eigenvalue weighted by atomic mass is 10.9. The minimum atomic E-state index is -4.97. The summed E-state index contributed by atoms with van der Waals surface area (Å²) in [6.07, 6.45) is -3.12. The Balaban J connectivity index is 3.75. The van der Waals surface area contributed by atoms with Gasteiger partial charge in [-0.05, 0) is 0 Å². The van der Waals surface area contributed by atoms with Crippen molar-refractivity contribution in [3.8, 4) is 0 Å². The van der Waals surface area contributed by atoms with Crippen LogP contribution in [0.3, 0.4) is 0 Å². The van der Waals surface area contributed by atoms with Crippen molar-refractivity contribution in [2.75, 3.05) is 5.75 Å².